The van der Waals surface area contributed by atoms with E-state index in [9.17, 15) is 4.39 Å². The van der Waals surface area contributed by atoms with Crippen molar-refractivity contribution in [2.45, 2.75) is 95.2 Å². The molecule has 0 spiro atoms. The van der Waals surface area contributed by atoms with Crippen molar-refractivity contribution in [2.75, 3.05) is 7.11 Å². The van der Waals surface area contributed by atoms with Gasteiger partial charge in [-0.25, -0.2) is 4.39 Å². The summed E-state index contributed by atoms with van der Waals surface area (Å²) in [5, 5.41) is 3.71. The molecule has 1 N–H and O–H groups in total. The van der Waals surface area contributed by atoms with E-state index >= 15 is 0 Å². The molecule has 0 aromatic heterocycles. The second-order valence-electron chi connectivity index (χ2n) is 9.49. The van der Waals surface area contributed by atoms with Crippen molar-refractivity contribution in [3.05, 3.63) is 35.1 Å². The van der Waals surface area contributed by atoms with Gasteiger partial charge < -0.3 is 10.1 Å². The normalized spacial score (nSPS) is 29.5. The lowest BCUT2D eigenvalue weighted by Gasteiger charge is -2.46. The molecular formula is C22H34FNO. The van der Waals surface area contributed by atoms with Crippen molar-refractivity contribution in [1.82, 2.24) is 5.32 Å². The maximum absolute atomic E-state index is 14.9. The van der Waals surface area contributed by atoms with E-state index in [2.05, 4.69) is 45.1 Å². The summed E-state index contributed by atoms with van der Waals surface area (Å²) >= 11 is 0. The van der Waals surface area contributed by atoms with Gasteiger partial charge in [0.2, 0.25) is 0 Å². The van der Waals surface area contributed by atoms with Crippen LogP contribution in [0.15, 0.2) is 18.2 Å². The molecule has 3 rings (SSSR count). The van der Waals surface area contributed by atoms with Gasteiger partial charge in [0, 0.05) is 18.2 Å². The van der Waals surface area contributed by atoms with Crippen LogP contribution in [0.25, 0.3) is 0 Å². The van der Waals surface area contributed by atoms with Crippen LogP contribution in [0, 0.1) is 5.82 Å². The van der Waals surface area contributed by atoms with Gasteiger partial charge >= 0.3 is 0 Å². The fourth-order valence-electron chi connectivity index (χ4n) is 5.30. The third kappa shape index (κ3) is 4.43. The predicted molar refractivity (Wildman–Crippen MR) is 102 cm³/mol. The second-order valence-corrected chi connectivity index (χ2v) is 9.49. The first-order valence-electron chi connectivity index (χ1n) is 9.80. The molecule has 0 amide bonds. The smallest absolute Gasteiger partial charge is 0.126 e. The number of nitrogens with one attached hydrogen (secondary N) is 1. The van der Waals surface area contributed by atoms with E-state index in [0.717, 1.165) is 49.7 Å². The monoisotopic (exact) mass is 347 g/mol. The summed E-state index contributed by atoms with van der Waals surface area (Å²) in [6.45, 7) is 9.00. The van der Waals surface area contributed by atoms with E-state index in [-0.39, 0.29) is 16.9 Å². The molecule has 1 aliphatic heterocycles. The molecule has 1 saturated carbocycles. The summed E-state index contributed by atoms with van der Waals surface area (Å²) in [5.41, 5.74) is 2.24. The molecule has 2 fully saturated rings. The minimum absolute atomic E-state index is 0.00693. The Hall–Kier alpha value is -0.930. The molecule has 0 radical (unpaired) electrons. The topological polar surface area (TPSA) is 21.3 Å². The van der Waals surface area contributed by atoms with Crippen molar-refractivity contribution in [2.24, 2.45) is 0 Å². The Morgan fingerprint density at radius 2 is 1.56 bits per heavy atom. The van der Waals surface area contributed by atoms with Crippen LogP contribution in [-0.4, -0.2) is 24.3 Å². The number of rotatable bonds is 3. The highest BCUT2D eigenvalue weighted by Crippen LogP contribution is 2.41. The van der Waals surface area contributed by atoms with Crippen LogP contribution in [0.5, 0.6) is 0 Å². The molecule has 1 saturated heterocycles. The minimum Gasteiger partial charge on any atom is -0.381 e. The SMILES string of the molecule is COC1CCC(c2ccc(C3CC(C)(C)NC(C)(C)C3)cc2F)CC1. The van der Waals surface area contributed by atoms with Crippen LogP contribution in [0.4, 0.5) is 4.39 Å². The number of halogens is 1. The minimum atomic E-state index is -0.00693. The van der Waals surface area contributed by atoms with Crippen LogP contribution in [-0.2, 0) is 4.74 Å². The van der Waals surface area contributed by atoms with Gasteiger partial charge in [0.15, 0.2) is 0 Å². The molecule has 0 unspecified atom stereocenters. The van der Waals surface area contributed by atoms with Gasteiger partial charge in [-0.1, -0.05) is 12.1 Å². The molecule has 25 heavy (non-hydrogen) atoms. The summed E-state index contributed by atoms with van der Waals surface area (Å²) < 4.78 is 20.4. The highest BCUT2D eigenvalue weighted by atomic mass is 19.1. The molecule has 3 heteroatoms. The van der Waals surface area contributed by atoms with E-state index in [1.807, 2.05) is 6.07 Å². The van der Waals surface area contributed by atoms with Gasteiger partial charge in [-0.3, -0.25) is 0 Å². The third-order valence-electron chi connectivity index (χ3n) is 6.13. The van der Waals surface area contributed by atoms with Crippen molar-refractivity contribution in [3.8, 4) is 0 Å². The zero-order valence-electron chi connectivity index (χ0n) is 16.5. The van der Waals surface area contributed by atoms with Gasteiger partial charge in [-0.15, -0.1) is 0 Å². The lowest BCUT2D eigenvalue weighted by atomic mass is 9.73. The molecular weight excluding hydrogens is 313 g/mol. The average Bonchev–Trinajstić information content (AvgIpc) is 2.52. The van der Waals surface area contributed by atoms with Crippen LogP contribution in [0.2, 0.25) is 0 Å². The molecule has 1 aromatic rings. The Labute approximate surface area is 152 Å². The summed E-state index contributed by atoms with van der Waals surface area (Å²) in [7, 11) is 1.78. The molecule has 2 nitrogen and oxygen atoms in total. The number of benzene rings is 1. The van der Waals surface area contributed by atoms with E-state index < -0.39 is 0 Å². The summed E-state index contributed by atoms with van der Waals surface area (Å²) in [5.74, 6) is 0.757. The number of methoxy groups -OCH3 is 1. The van der Waals surface area contributed by atoms with Gasteiger partial charge in [0.25, 0.3) is 0 Å². The Morgan fingerprint density at radius 3 is 2.08 bits per heavy atom. The predicted octanol–water partition coefficient (Wildman–Crippen LogP) is 5.52. The number of hydrogen-bond acceptors (Lipinski definition) is 2. The molecule has 0 bridgehead atoms. The molecule has 1 aliphatic carbocycles. The Bertz CT molecular complexity index is 586. The van der Waals surface area contributed by atoms with Crippen LogP contribution in [0.1, 0.15) is 89.2 Å². The second kappa shape index (κ2) is 7.00. The van der Waals surface area contributed by atoms with Crippen molar-refractivity contribution in [3.63, 3.8) is 0 Å². The molecule has 0 atom stereocenters. The van der Waals surface area contributed by atoms with Crippen molar-refractivity contribution in [1.29, 1.82) is 0 Å². The fraction of sp³-hybridized carbons (Fsp3) is 0.727. The molecule has 1 aromatic carbocycles. The van der Waals surface area contributed by atoms with Crippen LogP contribution in [0.3, 0.4) is 0 Å². The number of piperidine rings is 1. The van der Waals surface area contributed by atoms with E-state index in [0.29, 0.717) is 17.9 Å². The summed E-state index contributed by atoms with van der Waals surface area (Å²) in [4.78, 5) is 0. The van der Waals surface area contributed by atoms with Gasteiger partial charge in [0.1, 0.15) is 5.82 Å². The highest BCUT2D eigenvalue weighted by molar-refractivity contribution is 5.31. The quantitative estimate of drug-likeness (QED) is 0.777. The molecule has 1 heterocycles. The first-order valence-corrected chi connectivity index (χ1v) is 9.80. The van der Waals surface area contributed by atoms with E-state index in [1.165, 1.54) is 0 Å². The standard InChI is InChI=1S/C22H34FNO/c1-21(2)13-17(14-22(3,4)24-21)16-8-11-19(20(23)12-16)15-6-9-18(25-5)10-7-15/h8,11-12,15,17-18,24H,6-7,9-10,13-14H2,1-5H3. The van der Waals surface area contributed by atoms with Crippen molar-refractivity contribution < 1.29 is 9.13 Å². The van der Waals surface area contributed by atoms with Gasteiger partial charge in [-0.2, -0.15) is 0 Å². The fourth-order valence-corrected chi connectivity index (χ4v) is 5.30. The summed E-state index contributed by atoms with van der Waals surface area (Å²) in [6, 6.07) is 6.06. The maximum atomic E-state index is 14.9. The largest absolute Gasteiger partial charge is 0.381 e. The number of hydrogen-bond donors (Lipinski definition) is 1. The lowest BCUT2D eigenvalue weighted by molar-refractivity contribution is 0.0655. The van der Waals surface area contributed by atoms with E-state index in [1.54, 1.807) is 7.11 Å². The first kappa shape index (κ1) is 18.8. The maximum Gasteiger partial charge on any atom is 0.126 e. The molecule has 140 valence electrons. The zero-order valence-corrected chi connectivity index (χ0v) is 16.5. The Morgan fingerprint density at radius 1 is 0.960 bits per heavy atom. The lowest BCUT2D eigenvalue weighted by Crippen LogP contribution is -2.57. The Balaban J connectivity index is 1.76. The van der Waals surface area contributed by atoms with Crippen LogP contribution < -0.4 is 5.32 Å². The Kier molecular flexibility index (Phi) is 5.28. The van der Waals surface area contributed by atoms with Crippen LogP contribution >= 0.6 is 0 Å². The van der Waals surface area contributed by atoms with Gasteiger partial charge in [-0.05, 0) is 95.2 Å². The third-order valence-corrected chi connectivity index (χ3v) is 6.13. The molecule has 2 aliphatic rings. The first-order chi connectivity index (χ1) is 11.7. The van der Waals surface area contributed by atoms with Crippen molar-refractivity contribution >= 4 is 0 Å². The summed E-state index contributed by atoms with van der Waals surface area (Å²) in [6.07, 6.45) is 6.60. The van der Waals surface area contributed by atoms with Gasteiger partial charge in [0.05, 0.1) is 6.10 Å². The average molecular weight is 348 g/mol. The van der Waals surface area contributed by atoms with E-state index in [4.69, 9.17) is 4.74 Å². The highest BCUT2D eigenvalue weighted by Gasteiger charge is 2.38. The number of ether oxygens (including phenoxy) is 1. The zero-order chi connectivity index (χ0) is 18.2.